The summed E-state index contributed by atoms with van der Waals surface area (Å²) in [6, 6.07) is 3.32. The van der Waals surface area contributed by atoms with E-state index in [0.29, 0.717) is 35.1 Å². The molecule has 1 aromatic rings. The average molecular weight is 272 g/mol. The number of halogens is 1. The normalized spacial score (nSPS) is 18.6. The smallest absolute Gasteiger partial charge is 0.347 e. The van der Waals surface area contributed by atoms with Crippen molar-refractivity contribution < 1.29 is 19.0 Å². The van der Waals surface area contributed by atoms with Gasteiger partial charge < -0.3 is 19.9 Å². The zero-order valence-corrected chi connectivity index (χ0v) is 10.7. The van der Waals surface area contributed by atoms with Gasteiger partial charge in [-0.15, -0.1) is 0 Å². The Morgan fingerprint density at radius 2 is 2.33 bits per heavy atom. The molecule has 1 fully saturated rings. The fourth-order valence-electron chi connectivity index (χ4n) is 1.79. The average Bonchev–Trinajstić information content (AvgIpc) is 2.76. The highest BCUT2D eigenvalue weighted by Crippen LogP contribution is 2.36. The van der Waals surface area contributed by atoms with Crippen molar-refractivity contribution in [1.82, 2.24) is 0 Å². The zero-order valence-electron chi connectivity index (χ0n) is 9.94. The van der Waals surface area contributed by atoms with Crippen LogP contribution < -0.4 is 15.2 Å². The molecular weight excluding hydrogens is 258 g/mol. The summed E-state index contributed by atoms with van der Waals surface area (Å²) in [5.74, 6) is 0.547. The third-order valence-corrected chi connectivity index (χ3v) is 2.90. The Hall–Kier alpha value is -1.46. The van der Waals surface area contributed by atoms with Crippen molar-refractivity contribution in [1.29, 1.82) is 0 Å². The molecule has 2 rings (SSSR count). The van der Waals surface area contributed by atoms with E-state index in [1.165, 1.54) is 7.11 Å². The molecule has 0 radical (unpaired) electrons. The van der Waals surface area contributed by atoms with E-state index < -0.39 is 6.10 Å². The van der Waals surface area contributed by atoms with Crippen LogP contribution in [0.4, 0.5) is 0 Å². The predicted octanol–water partition coefficient (Wildman–Crippen LogP) is 1.50. The fraction of sp³-hybridized carbons (Fsp3) is 0.417. The van der Waals surface area contributed by atoms with E-state index in [4.69, 9.17) is 31.5 Å². The van der Waals surface area contributed by atoms with Crippen molar-refractivity contribution in [2.24, 2.45) is 5.73 Å². The molecule has 18 heavy (non-hydrogen) atoms. The Morgan fingerprint density at radius 3 is 2.89 bits per heavy atom. The standard InChI is InChI=1S/C12H14ClNO4/c1-16-10-5-8(13)4-7(6-14)11(10)18-9-2-3-17-12(9)15/h4-5,9H,2-3,6,14H2,1H3. The number of hydrogen-bond donors (Lipinski definition) is 1. The highest BCUT2D eigenvalue weighted by Gasteiger charge is 2.30. The van der Waals surface area contributed by atoms with Gasteiger partial charge in [-0.1, -0.05) is 11.6 Å². The topological polar surface area (TPSA) is 70.8 Å². The Kier molecular flexibility index (Phi) is 3.93. The second-order valence-corrected chi connectivity index (χ2v) is 4.30. The van der Waals surface area contributed by atoms with E-state index >= 15 is 0 Å². The maximum absolute atomic E-state index is 11.4. The third kappa shape index (κ3) is 2.52. The number of ether oxygens (including phenoxy) is 3. The van der Waals surface area contributed by atoms with Crippen LogP contribution >= 0.6 is 11.6 Å². The third-order valence-electron chi connectivity index (χ3n) is 2.68. The van der Waals surface area contributed by atoms with Crippen LogP contribution in [-0.2, 0) is 16.1 Å². The summed E-state index contributed by atoms with van der Waals surface area (Å²) in [6.45, 7) is 0.616. The van der Waals surface area contributed by atoms with E-state index in [-0.39, 0.29) is 12.5 Å². The van der Waals surface area contributed by atoms with Crippen LogP contribution in [0.25, 0.3) is 0 Å². The lowest BCUT2D eigenvalue weighted by molar-refractivity contribution is -0.143. The molecule has 1 saturated heterocycles. The molecule has 0 aromatic heterocycles. The molecule has 1 unspecified atom stereocenters. The molecule has 5 nitrogen and oxygen atoms in total. The number of hydrogen-bond acceptors (Lipinski definition) is 5. The highest BCUT2D eigenvalue weighted by molar-refractivity contribution is 6.30. The van der Waals surface area contributed by atoms with Gasteiger partial charge in [0.25, 0.3) is 0 Å². The van der Waals surface area contributed by atoms with Crippen molar-refractivity contribution in [2.45, 2.75) is 19.1 Å². The lowest BCUT2D eigenvalue weighted by atomic mass is 10.1. The highest BCUT2D eigenvalue weighted by atomic mass is 35.5. The monoisotopic (exact) mass is 271 g/mol. The van der Waals surface area contributed by atoms with Gasteiger partial charge in [-0.25, -0.2) is 4.79 Å². The van der Waals surface area contributed by atoms with E-state index in [2.05, 4.69) is 0 Å². The molecule has 1 aliphatic rings. The Labute approximate surface area is 110 Å². The van der Waals surface area contributed by atoms with Crippen molar-refractivity contribution in [3.63, 3.8) is 0 Å². The van der Waals surface area contributed by atoms with E-state index in [0.717, 1.165) is 0 Å². The molecule has 2 N–H and O–H groups in total. The lowest BCUT2D eigenvalue weighted by Gasteiger charge is -2.17. The number of methoxy groups -OCH3 is 1. The molecule has 1 atom stereocenters. The van der Waals surface area contributed by atoms with Gasteiger partial charge in [-0.2, -0.15) is 0 Å². The molecule has 1 heterocycles. The number of esters is 1. The Bertz CT molecular complexity index is 438. The van der Waals surface area contributed by atoms with Crippen molar-refractivity contribution in [3.05, 3.63) is 22.7 Å². The van der Waals surface area contributed by atoms with Gasteiger partial charge in [0, 0.05) is 29.6 Å². The van der Waals surface area contributed by atoms with Gasteiger partial charge in [-0.3, -0.25) is 0 Å². The van der Waals surface area contributed by atoms with E-state index in [1.807, 2.05) is 0 Å². The van der Waals surface area contributed by atoms with Gasteiger partial charge in [-0.05, 0) is 6.07 Å². The van der Waals surface area contributed by atoms with E-state index in [1.54, 1.807) is 12.1 Å². The Balaban J connectivity index is 2.32. The summed E-state index contributed by atoms with van der Waals surface area (Å²) in [5.41, 5.74) is 6.34. The molecule has 0 bridgehead atoms. The Morgan fingerprint density at radius 1 is 1.56 bits per heavy atom. The first-order valence-electron chi connectivity index (χ1n) is 5.55. The predicted molar refractivity (Wildman–Crippen MR) is 65.9 cm³/mol. The van der Waals surface area contributed by atoms with Crippen LogP contribution in [0.2, 0.25) is 5.02 Å². The number of rotatable bonds is 4. The fourth-order valence-corrected chi connectivity index (χ4v) is 2.02. The number of carbonyl (C=O) groups excluding carboxylic acids is 1. The summed E-state index contributed by atoms with van der Waals surface area (Å²) in [7, 11) is 1.51. The van der Waals surface area contributed by atoms with Gasteiger partial charge >= 0.3 is 5.97 Å². The van der Waals surface area contributed by atoms with Gasteiger partial charge in [0.15, 0.2) is 17.6 Å². The van der Waals surface area contributed by atoms with Crippen molar-refractivity contribution in [3.8, 4) is 11.5 Å². The van der Waals surface area contributed by atoms with Crippen LogP contribution in [0.1, 0.15) is 12.0 Å². The van der Waals surface area contributed by atoms with Gasteiger partial charge in [0.1, 0.15) is 0 Å². The first-order valence-corrected chi connectivity index (χ1v) is 5.93. The summed E-state index contributed by atoms with van der Waals surface area (Å²) < 4.78 is 15.7. The quantitative estimate of drug-likeness (QED) is 0.841. The summed E-state index contributed by atoms with van der Waals surface area (Å²) in [5, 5.41) is 0.508. The molecular formula is C12H14ClNO4. The summed E-state index contributed by atoms with van der Waals surface area (Å²) >= 11 is 5.94. The minimum Gasteiger partial charge on any atom is -0.493 e. The van der Waals surface area contributed by atoms with Crippen molar-refractivity contribution in [2.75, 3.05) is 13.7 Å². The molecule has 1 aromatic carbocycles. The van der Waals surface area contributed by atoms with Gasteiger partial charge in [0.05, 0.1) is 13.7 Å². The van der Waals surface area contributed by atoms with E-state index in [9.17, 15) is 4.79 Å². The number of cyclic esters (lactones) is 1. The number of nitrogens with two attached hydrogens (primary N) is 1. The summed E-state index contributed by atoms with van der Waals surface area (Å²) in [4.78, 5) is 11.4. The molecule has 98 valence electrons. The first kappa shape index (κ1) is 13.0. The largest absolute Gasteiger partial charge is 0.493 e. The van der Waals surface area contributed by atoms with Gasteiger partial charge in [0.2, 0.25) is 0 Å². The summed E-state index contributed by atoms with van der Waals surface area (Å²) in [6.07, 6.45) is -0.0837. The number of benzene rings is 1. The van der Waals surface area contributed by atoms with Crippen molar-refractivity contribution >= 4 is 17.6 Å². The van der Waals surface area contributed by atoms with Crippen LogP contribution in [0, 0.1) is 0 Å². The maximum atomic E-state index is 11.4. The molecule has 0 spiro atoms. The SMILES string of the molecule is COc1cc(Cl)cc(CN)c1OC1CCOC1=O. The minimum absolute atomic E-state index is 0.244. The van der Waals surface area contributed by atoms with Crippen LogP contribution in [-0.4, -0.2) is 25.8 Å². The zero-order chi connectivity index (χ0) is 13.1. The number of carbonyl (C=O) groups is 1. The molecule has 0 saturated carbocycles. The van der Waals surface area contributed by atoms with Crippen LogP contribution in [0.3, 0.4) is 0 Å². The maximum Gasteiger partial charge on any atom is 0.347 e. The van der Waals surface area contributed by atoms with Crippen LogP contribution in [0.15, 0.2) is 12.1 Å². The molecule has 1 aliphatic heterocycles. The first-order chi connectivity index (χ1) is 8.65. The lowest BCUT2D eigenvalue weighted by Crippen LogP contribution is -2.23. The molecule has 0 amide bonds. The minimum atomic E-state index is -0.606. The molecule has 6 heteroatoms. The second kappa shape index (κ2) is 5.46. The second-order valence-electron chi connectivity index (χ2n) is 3.86. The van der Waals surface area contributed by atoms with Crippen LogP contribution in [0.5, 0.6) is 11.5 Å². The molecule has 0 aliphatic carbocycles.